The summed E-state index contributed by atoms with van der Waals surface area (Å²) >= 11 is 5.97. The maximum atomic E-state index is 5.97. The van der Waals surface area contributed by atoms with Crippen LogP contribution in [0.25, 0.3) is 0 Å². The van der Waals surface area contributed by atoms with Crippen LogP contribution in [0.4, 0.5) is 11.9 Å². The Bertz CT molecular complexity index is 459. The largest absolute Gasteiger partial charge is 0.354 e. The summed E-state index contributed by atoms with van der Waals surface area (Å²) in [4.78, 5) is 14.9. The third-order valence-electron chi connectivity index (χ3n) is 4.20. The quantitative estimate of drug-likeness (QED) is 0.807. The van der Waals surface area contributed by atoms with Gasteiger partial charge in [0.25, 0.3) is 0 Å². The maximum Gasteiger partial charge on any atom is 0.228 e. The molecule has 0 radical (unpaired) electrons. The van der Waals surface area contributed by atoms with Crippen molar-refractivity contribution >= 4 is 23.5 Å². The Kier molecular flexibility index (Phi) is 5.58. The van der Waals surface area contributed by atoms with E-state index in [9.17, 15) is 0 Å². The minimum atomic E-state index is 0.191. The van der Waals surface area contributed by atoms with E-state index in [1.807, 2.05) is 0 Å². The summed E-state index contributed by atoms with van der Waals surface area (Å²) in [6.45, 7) is 3.74. The zero-order chi connectivity index (χ0) is 15.3. The van der Waals surface area contributed by atoms with Gasteiger partial charge in [0.2, 0.25) is 17.2 Å². The topological polar surface area (TPSA) is 66.0 Å². The zero-order valence-corrected chi connectivity index (χ0v) is 13.9. The molecule has 7 heteroatoms. The van der Waals surface area contributed by atoms with Gasteiger partial charge in [0.05, 0.1) is 0 Å². The van der Waals surface area contributed by atoms with Crippen LogP contribution < -0.4 is 10.6 Å². The molecule has 1 aromatic heterocycles. The molecule has 1 aromatic rings. The number of anilines is 2. The monoisotopic (exact) mass is 312 g/mol. The molecule has 2 N–H and O–H groups in total. The van der Waals surface area contributed by atoms with Crippen LogP contribution in [-0.4, -0.2) is 52.6 Å². The highest BCUT2D eigenvalue weighted by Crippen LogP contribution is 2.33. The number of hydrogen-bond acceptors (Lipinski definition) is 6. The van der Waals surface area contributed by atoms with Crippen molar-refractivity contribution in [3.63, 3.8) is 0 Å². The summed E-state index contributed by atoms with van der Waals surface area (Å²) in [5.74, 6) is 1.08. The van der Waals surface area contributed by atoms with Crippen LogP contribution in [0.3, 0.4) is 0 Å². The van der Waals surface area contributed by atoms with Gasteiger partial charge in [0, 0.05) is 18.6 Å². The standard InChI is InChI=1S/C14H25ClN6/c1-4-9-16-12-18-11(15)19-13(20-12)17-10-14(21(2)3)7-5-6-8-14/h4-10H2,1-3H3,(H2,16,17,18,19,20). The second-order valence-electron chi connectivity index (χ2n) is 5.86. The van der Waals surface area contributed by atoms with Gasteiger partial charge in [-0.3, -0.25) is 0 Å². The van der Waals surface area contributed by atoms with Gasteiger partial charge in [-0.25, -0.2) is 0 Å². The average Bonchev–Trinajstić information content (AvgIpc) is 2.93. The first kappa shape index (κ1) is 16.2. The van der Waals surface area contributed by atoms with Crippen LogP contribution in [-0.2, 0) is 0 Å². The lowest BCUT2D eigenvalue weighted by Gasteiger charge is -2.36. The second-order valence-corrected chi connectivity index (χ2v) is 6.20. The summed E-state index contributed by atoms with van der Waals surface area (Å²) in [6, 6.07) is 0. The van der Waals surface area contributed by atoms with Crippen molar-refractivity contribution in [1.29, 1.82) is 0 Å². The normalized spacial score (nSPS) is 17.2. The molecule has 1 heterocycles. The molecule has 6 nitrogen and oxygen atoms in total. The van der Waals surface area contributed by atoms with Crippen molar-refractivity contribution in [1.82, 2.24) is 19.9 Å². The lowest BCUT2D eigenvalue weighted by Crippen LogP contribution is -2.47. The number of likely N-dealkylation sites (N-methyl/N-ethyl adjacent to an activating group) is 1. The fraction of sp³-hybridized carbons (Fsp3) is 0.786. The summed E-state index contributed by atoms with van der Waals surface area (Å²) in [7, 11) is 4.28. The van der Waals surface area contributed by atoms with Gasteiger partial charge in [-0.2, -0.15) is 15.0 Å². The summed E-state index contributed by atoms with van der Waals surface area (Å²) in [5, 5.41) is 6.70. The van der Waals surface area contributed by atoms with Crippen molar-refractivity contribution in [3.8, 4) is 0 Å². The van der Waals surface area contributed by atoms with Crippen molar-refractivity contribution in [2.75, 3.05) is 37.8 Å². The highest BCUT2D eigenvalue weighted by molar-refractivity contribution is 6.28. The average molecular weight is 313 g/mol. The van der Waals surface area contributed by atoms with E-state index in [4.69, 9.17) is 11.6 Å². The molecule has 1 fully saturated rings. The van der Waals surface area contributed by atoms with E-state index in [1.165, 1.54) is 25.7 Å². The predicted octanol–water partition coefficient (Wildman–Crippen LogP) is 2.63. The number of halogens is 1. The minimum Gasteiger partial charge on any atom is -0.354 e. The predicted molar refractivity (Wildman–Crippen MR) is 87.0 cm³/mol. The van der Waals surface area contributed by atoms with Crippen LogP contribution in [0, 0.1) is 0 Å². The molecule has 0 saturated heterocycles. The third-order valence-corrected chi connectivity index (χ3v) is 4.37. The van der Waals surface area contributed by atoms with Crippen LogP contribution in [0.2, 0.25) is 5.28 Å². The minimum absolute atomic E-state index is 0.191. The molecule has 1 saturated carbocycles. The highest BCUT2D eigenvalue weighted by Gasteiger charge is 2.35. The Morgan fingerprint density at radius 1 is 1.10 bits per heavy atom. The number of rotatable bonds is 7. The van der Waals surface area contributed by atoms with E-state index in [0.29, 0.717) is 11.9 Å². The van der Waals surface area contributed by atoms with Gasteiger partial charge < -0.3 is 15.5 Å². The highest BCUT2D eigenvalue weighted by atomic mass is 35.5. The molecular formula is C14H25ClN6. The number of nitrogens with zero attached hydrogens (tertiary/aromatic N) is 4. The Labute approximate surface area is 131 Å². The molecule has 0 spiro atoms. The fourth-order valence-corrected chi connectivity index (χ4v) is 2.96. The van der Waals surface area contributed by atoms with Crippen LogP contribution in [0.15, 0.2) is 0 Å². The lowest BCUT2D eigenvalue weighted by atomic mass is 9.96. The van der Waals surface area contributed by atoms with Gasteiger partial charge in [0.15, 0.2) is 0 Å². The van der Waals surface area contributed by atoms with Gasteiger partial charge in [-0.1, -0.05) is 19.8 Å². The first-order chi connectivity index (χ1) is 10.1. The van der Waals surface area contributed by atoms with E-state index in [0.717, 1.165) is 19.5 Å². The number of hydrogen-bond donors (Lipinski definition) is 2. The van der Waals surface area contributed by atoms with E-state index in [-0.39, 0.29) is 10.8 Å². The number of aromatic nitrogens is 3. The molecule has 0 aromatic carbocycles. The van der Waals surface area contributed by atoms with Gasteiger partial charge in [-0.15, -0.1) is 0 Å². The van der Waals surface area contributed by atoms with Crippen LogP contribution >= 0.6 is 11.6 Å². The lowest BCUT2D eigenvalue weighted by molar-refractivity contribution is 0.172. The van der Waals surface area contributed by atoms with Gasteiger partial charge >= 0.3 is 0 Å². The van der Waals surface area contributed by atoms with E-state index in [2.05, 4.69) is 51.5 Å². The first-order valence-electron chi connectivity index (χ1n) is 7.62. The summed E-state index contributed by atoms with van der Waals surface area (Å²) < 4.78 is 0. The molecule has 1 aliphatic carbocycles. The molecule has 0 amide bonds. The molecule has 0 unspecified atom stereocenters. The molecular weight excluding hydrogens is 288 g/mol. The van der Waals surface area contributed by atoms with Crippen molar-refractivity contribution in [2.45, 2.75) is 44.6 Å². The molecule has 21 heavy (non-hydrogen) atoms. The van der Waals surface area contributed by atoms with Crippen molar-refractivity contribution in [3.05, 3.63) is 5.28 Å². The van der Waals surface area contributed by atoms with Crippen LogP contribution in [0.5, 0.6) is 0 Å². The maximum absolute atomic E-state index is 5.97. The van der Waals surface area contributed by atoms with E-state index >= 15 is 0 Å². The van der Waals surface area contributed by atoms with Gasteiger partial charge in [0.1, 0.15) is 0 Å². The van der Waals surface area contributed by atoms with Crippen LogP contribution in [0.1, 0.15) is 39.0 Å². The SMILES string of the molecule is CCCNc1nc(Cl)nc(NCC2(N(C)C)CCCC2)n1. The molecule has 118 valence electrons. The Morgan fingerprint density at radius 3 is 2.29 bits per heavy atom. The van der Waals surface area contributed by atoms with E-state index < -0.39 is 0 Å². The molecule has 0 bridgehead atoms. The Hall–Kier alpha value is -1.14. The smallest absolute Gasteiger partial charge is 0.228 e. The molecule has 1 aliphatic rings. The summed E-state index contributed by atoms with van der Waals surface area (Å²) in [5.41, 5.74) is 0.191. The third kappa shape index (κ3) is 4.17. The van der Waals surface area contributed by atoms with E-state index in [1.54, 1.807) is 0 Å². The fourth-order valence-electron chi connectivity index (χ4n) is 2.80. The number of nitrogens with one attached hydrogen (secondary N) is 2. The van der Waals surface area contributed by atoms with Gasteiger partial charge in [-0.05, 0) is 45.0 Å². The molecule has 2 rings (SSSR count). The molecule has 0 aliphatic heterocycles. The Balaban J connectivity index is 2.03. The first-order valence-corrected chi connectivity index (χ1v) is 8.00. The zero-order valence-electron chi connectivity index (χ0n) is 13.1. The van der Waals surface area contributed by atoms with Crippen molar-refractivity contribution in [2.24, 2.45) is 0 Å². The second kappa shape index (κ2) is 7.22. The van der Waals surface area contributed by atoms with Crippen molar-refractivity contribution < 1.29 is 0 Å². The Morgan fingerprint density at radius 2 is 1.71 bits per heavy atom. The summed E-state index contributed by atoms with van der Waals surface area (Å²) in [6.07, 6.45) is 5.97. The molecule has 0 atom stereocenters.